The Morgan fingerprint density at radius 1 is 0.829 bits per heavy atom. The second kappa shape index (κ2) is 13.8. The smallest absolute Gasteiger partial charge is 0.343 e. The topological polar surface area (TPSA) is 116 Å². The Morgan fingerprint density at radius 3 is 2.10 bits per heavy atom. The van der Waals surface area contributed by atoms with Gasteiger partial charge in [0.25, 0.3) is 0 Å². The van der Waals surface area contributed by atoms with Gasteiger partial charge in [-0.25, -0.2) is 9.59 Å². The van der Waals surface area contributed by atoms with E-state index in [9.17, 15) is 24.0 Å². The van der Waals surface area contributed by atoms with Crippen LogP contribution in [0.5, 0.6) is 5.75 Å². The molecule has 1 amide bonds. The third-order valence-electron chi connectivity index (χ3n) is 6.42. The highest BCUT2D eigenvalue weighted by Gasteiger charge is 2.36. The van der Waals surface area contributed by atoms with Crippen LogP contribution < -0.4 is 9.64 Å². The number of Topliss-reactive ketones (excluding diaryl/α,β-unsaturated/α-hetero) is 1. The van der Waals surface area contributed by atoms with Gasteiger partial charge in [-0.05, 0) is 79.2 Å². The van der Waals surface area contributed by atoms with E-state index in [2.05, 4.69) is 15.9 Å². The zero-order chi connectivity index (χ0) is 29.4. The van der Waals surface area contributed by atoms with E-state index in [-0.39, 0.29) is 30.2 Å². The molecule has 0 aliphatic carbocycles. The number of amides is 1. The van der Waals surface area contributed by atoms with Gasteiger partial charge in [0.1, 0.15) is 5.75 Å². The molecule has 10 heteroatoms. The molecule has 3 aromatic carbocycles. The zero-order valence-electron chi connectivity index (χ0n) is 22.3. The fourth-order valence-corrected chi connectivity index (χ4v) is 4.35. The summed E-state index contributed by atoms with van der Waals surface area (Å²) in [7, 11) is 0. The number of hydrogen-bond donors (Lipinski definition) is 0. The van der Waals surface area contributed by atoms with Crippen LogP contribution in [0, 0.1) is 5.92 Å². The van der Waals surface area contributed by atoms with Gasteiger partial charge in [0.2, 0.25) is 5.91 Å². The van der Waals surface area contributed by atoms with E-state index in [4.69, 9.17) is 14.2 Å². The van der Waals surface area contributed by atoms with E-state index in [0.717, 1.165) is 17.3 Å². The summed E-state index contributed by atoms with van der Waals surface area (Å²) in [6.45, 7) is 1.96. The van der Waals surface area contributed by atoms with Crippen LogP contribution in [0.2, 0.25) is 0 Å². The summed E-state index contributed by atoms with van der Waals surface area (Å²) in [5.74, 6) is -2.78. The first-order valence-corrected chi connectivity index (χ1v) is 13.9. The minimum absolute atomic E-state index is 0.0493. The molecule has 3 aromatic rings. The SMILES string of the molecule is CCCCOC(=O)c1ccc(N2C[C@H](C(=O)OCC(=O)c3ccc(OC(=O)c4ccc(Br)cc4)cc3)CC2=O)cc1. The number of rotatable bonds is 11. The monoisotopic (exact) mass is 621 g/mol. The second-order valence-electron chi connectivity index (χ2n) is 9.39. The maximum atomic E-state index is 12.6. The molecule has 0 bridgehead atoms. The number of ether oxygens (including phenoxy) is 3. The van der Waals surface area contributed by atoms with E-state index in [1.54, 1.807) is 48.5 Å². The molecule has 1 fully saturated rings. The third kappa shape index (κ3) is 7.88. The van der Waals surface area contributed by atoms with Crippen molar-refractivity contribution in [3.8, 4) is 5.75 Å². The minimum atomic E-state index is -0.727. The fourth-order valence-electron chi connectivity index (χ4n) is 4.08. The van der Waals surface area contributed by atoms with Gasteiger partial charge in [0, 0.05) is 28.7 Å². The van der Waals surface area contributed by atoms with Gasteiger partial charge in [-0.15, -0.1) is 0 Å². The lowest BCUT2D eigenvalue weighted by Crippen LogP contribution is -2.27. The van der Waals surface area contributed by atoms with Gasteiger partial charge in [-0.2, -0.15) is 0 Å². The highest BCUT2D eigenvalue weighted by atomic mass is 79.9. The standard InChI is InChI=1S/C31H28BrNO8/c1-2-3-16-39-29(36)21-6-12-25(13-7-21)33-18-23(17-28(33)35)30(37)40-19-27(34)20-8-14-26(15-9-20)41-31(38)22-4-10-24(32)11-5-22/h4-15,23H,2-3,16-19H2,1H3/t23-/m1/s1. The van der Waals surface area contributed by atoms with Gasteiger partial charge in [0.05, 0.1) is 23.7 Å². The van der Waals surface area contributed by atoms with Crippen molar-refractivity contribution in [1.29, 1.82) is 0 Å². The summed E-state index contributed by atoms with van der Waals surface area (Å²) in [6.07, 6.45) is 1.65. The number of ketones is 1. The van der Waals surface area contributed by atoms with Gasteiger partial charge in [-0.1, -0.05) is 29.3 Å². The van der Waals surface area contributed by atoms with E-state index in [0.29, 0.717) is 23.4 Å². The Labute approximate surface area is 245 Å². The Hall–Kier alpha value is -4.31. The lowest BCUT2D eigenvalue weighted by Gasteiger charge is -2.17. The highest BCUT2D eigenvalue weighted by molar-refractivity contribution is 9.10. The molecule has 0 spiro atoms. The first-order chi connectivity index (χ1) is 19.7. The molecule has 1 aliphatic heterocycles. The van der Waals surface area contributed by atoms with Crippen molar-refractivity contribution in [1.82, 2.24) is 0 Å². The summed E-state index contributed by atoms with van der Waals surface area (Å²) in [5, 5.41) is 0. The average Bonchev–Trinajstić information content (AvgIpc) is 3.38. The molecule has 0 aromatic heterocycles. The number of benzene rings is 3. The highest BCUT2D eigenvalue weighted by Crippen LogP contribution is 2.26. The number of carbonyl (C=O) groups excluding carboxylic acids is 5. The van der Waals surface area contributed by atoms with Crippen molar-refractivity contribution >= 4 is 51.2 Å². The van der Waals surface area contributed by atoms with Crippen molar-refractivity contribution in [2.45, 2.75) is 26.2 Å². The number of nitrogens with zero attached hydrogens (tertiary/aromatic N) is 1. The molecule has 1 heterocycles. The molecule has 41 heavy (non-hydrogen) atoms. The van der Waals surface area contributed by atoms with Crippen molar-refractivity contribution in [3.63, 3.8) is 0 Å². The quantitative estimate of drug-likeness (QED) is 0.121. The van der Waals surface area contributed by atoms with Crippen molar-refractivity contribution in [2.75, 3.05) is 24.7 Å². The Kier molecular flexibility index (Phi) is 10.0. The molecular weight excluding hydrogens is 594 g/mol. The van der Waals surface area contributed by atoms with E-state index >= 15 is 0 Å². The van der Waals surface area contributed by atoms with Crippen molar-refractivity contribution < 1.29 is 38.2 Å². The molecule has 212 valence electrons. The minimum Gasteiger partial charge on any atom is -0.462 e. The second-order valence-corrected chi connectivity index (χ2v) is 10.3. The van der Waals surface area contributed by atoms with Crippen molar-refractivity contribution in [3.05, 3.63) is 94.0 Å². The summed E-state index contributed by atoms with van der Waals surface area (Å²) >= 11 is 3.31. The van der Waals surface area contributed by atoms with E-state index in [1.807, 2.05) is 6.92 Å². The molecule has 0 N–H and O–H groups in total. The van der Waals surface area contributed by atoms with Crippen molar-refractivity contribution in [2.24, 2.45) is 5.92 Å². The number of carbonyl (C=O) groups is 5. The first-order valence-electron chi connectivity index (χ1n) is 13.1. The lowest BCUT2D eigenvalue weighted by molar-refractivity contribution is -0.147. The molecule has 0 radical (unpaired) electrons. The van der Waals surface area contributed by atoms with Gasteiger partial charge in [0.15, 0.2) is 12.4 Å². The van der Waals surface area contributed by atoms with E-state index < -0.39 is 36.2 Å². The van der Waals surface area contributed by atoms with Crippen LogP contribution in [0.25, 0.3) is 0 Å². The Bertz CT molecular complexity index is 1420. The number of esters is 3. The maximum absolute atomic E-state index is 12.6. The zero-order valence-corrected chi connectivity index (χ0v) is 23.9. The normalized spacial score (nSPS) is 14.4. The average molecular weight is 622 g/mol. The van der Waals surface area contributed by atoms with E-state index in [1.165, 1.54) is 29.2 Å². The van der Waals surface area contributed by atoms with Crippen LogP contribution in [-0.2, 0) is 19.1 Å². The number of hydrogen-bond acceptors (Lipinski definition) is 8. The largest absolute Gasteiger partial charge is 0.462 e. The molecule has 1 saturated heterocycles. The molecule has 1 atom stereocenters. The predicted molar refractivity (Wildman–Crippen MR) is 153 cm³/mol. The Balaban J connectivity index is 1.26. The number of halogens is 1. The van der Waals surface area contributed by atoms with Crippen LogP contribution in [0.4, 0.5) is 5.69 Å². The van der Waals surface area contributed by atoms with Crippen LogP contribution in [-0.4, -0.2) is 49.4 Å². The molecule has 0 unspecified atom stereocenters. The maximum Gasteiger partial charge on any atom is 0.343 e. The van der Waals surface area contributed by atoms with Gasteiger partial charge < -0.3 is 19.1 Å². The molecule has 1 aliphatic rings. The molecule has 0 saturated carbocycles. The molecular formula is C31H28BrNO8. The summed E-state index contributed by atoms with van der Waals surface area (Å²) < 4.78 is 16.6. The summed E-state index contributed by atoms with van der Waals surface area (Å²) in [5.41, 5.74) is 1.58. The summed E-state index contributed by atoms with van der Waals surface area (Å²) in [4.78, 5) is 63.6. The van der Waals surface area contributed by atoms with Crippen LogP contribution in [0.1, 0.15) is 57.3 Å². The first kappa shape index (κ1) is 29.7. The lowest BCUT2D eigenvalue weighted by atomic mass is 10.1. The van der Waals surface area contributed by atoms with Gasteiger partial charge in [-0.3, -0.25) is 14.4 Å². The van der Waals surface area contributed by atoms with Crippen LogP contribution in [0.3, 0.4) is 0 Å². The fraction of sp³-hybridized carbons (Fsp3) is 0.258. The third-order valence-corrected chi connectivity index (χ3v) is 6.95. The molecule has 9 nitrogen and oxygen atoms in total. The molecule has 4 rings (SSSR count). The Morgan fingerprint density at radius 2 is 1.44 bits per heavy atom. The summed E-state index contributed by atoms with van der Waals surface area (Å²) in [6, 6.07) is 19.0. The van der Waals surface area contributed by atoms with Crippen LogP contribution in [0.15, 0.2) is 77.3 Å². The number of anilines is 1. The predicted octanol–water partition coefficient (Wildman–Crippen LogP) is 5.40. The van der Waals surface area contributed by atoms with Crippen LogP contribution >= 0.6 is 15.9 Å². The number of unbranched alkanes of at least 4 members (excludes halogenated alkanes) is 1. The van der Waals surface area contributed by atoms with Gasteiger partial charge >= 0.3 is 17.9 Å².